The first-order valence-electron chi connectivity index (χ1n) is 24.2. The lowest BCUT2D eigenvalue weighted by Gasteiger charge is -2.17. The summed E-state index contributed by atoms with van der Waals surface area (Å²) in [7, 11) is 0. The first-order valence-corrected chi connectivity index (χ1v) is 24.2. The highest BCUT2D eigenvalue weighted by Gasteiger charge is 2.14. The second kappa shape index (κ2) is 32.0. The van der Waals surface area contributed by atoms with Crippen molar-refractivity contribution in [2.45, 2.75) is 219 Å². The summed E-state index contributed by atoms with van der Waals surface area (Å²) in [6, 6.07) is 24.7. The largest absolute Gasteiger partial charge is 0.423 e. The average Bonchev–Trinajstić information content (AvgIpc) is 3.24. The van der Waals surface area contributed by atoms with Crippen LogP contribution in [0.15, 0.2) is 72.8 Å². The van der Waals surface area contributed by atoms with E-state index in [1.807, 2.05) is 36.4 Å². The van der Waals surface area contributed by atoms with E-state index in [0.29, 0.717) is 17.2 Å². The van der Waals surface area contributed by atoms with Crippen LogP contribution >= 0.6 is 0 Å². The highest BCUT2D eigenvalue weighted by atomic mass is 16.5. The van der Waals surface area contributed by atoms with E-state index in [9.17, 15) is 4.79 Å². The number of ether oxygens (including phenoxy) is 2. The summed E-state index contributed by atoms with van der Waals surface area (Å²) in [5.41, 5.74) is 5.33. The second-order valence-corrected chi connectivity index (χ2v) is 17.1. The van der Waals surface area contributed by atoms with Gasteiger partial charge in [0.25, 0.3) is 0 Å². The fraction of sp³-hybridized carbons (Fsp3) is 0.648. The van der Waals surface area contributed by atoms with Crippen molar-refractivity contribution in [2.75, 3.05) is 6.61 Å². The van der Waals surface area contributed by atoms with Crippen LogP contribution in [-0.2, 0) is 4.74 Å². The average molecular weight is 781 g/mol. The first-order chi connectivity index (χ1) is 28.0. The maximum Gasteiger partial charge on any atom is 0.343 e. The maximum absolute atomic E-state index is 13.0. The van der Waals surface area contributed by atoms with Gasteiger partial charge in [-0.05, 0) is 78.6 Å². The molecule has 0 spiro atoms. The van der Waals surface area contributed by atoms with Crippen LogP contribution in [0.1, 0.15) is 241 Å². The molecule has 0 saturated carbocycles. The molecule has 0 heterocycles. The molecule has 0 saturated heterocycles. The number of carbonyl (C=O) groups excluding carboxylic acids is 1. The van der Waals surface area contributed by atoms with E-state index in [1.54, 1.807) is 0 Å². The maximum atomic E-state index is 13.0. The smallest absolute Gasteiger partial charge is 0.343 e. The Kier molecular flexibility index (Phi) is 27.2. The van der Waals surface area contributed by atoms with Crippen LogP contribution in [0.5, 0.6) is 5.75 Å². The van der Waals surface area contributed by atoms with E-state index < -0.39 is 0 Å². The Bertz CT molecular complexity index is 1380. The summed E-state index contributed by atoms with van der Waals surface area (Å²) in [6.07, 6.45) is 38.1. The minimum atomic E-state index is -0.320. The van der Waals surface area contributed by atoms with Gasteiger partial charge in [0.1, 0.15) is 5.75 Å². The van der Waals surface area contributed by atoms with E-state index in [0.717, 1.165) is 24.2 Å². The Labute approximate surface area is 351 Å². The Hall–Kier alpha value is -2.91. The zero-order chi connectivity index (χ0) is 40.6. The predicted molar refractivity (Wildman–Crippen MR) is 247 cm³/mol. The minimum Gasteiger partial charge on any atom is -0.423 e. The number of hydrogen-bond acceptors (Lipinski definition) is 3. The lowest BCUT2D eigenvalue weighted by atomic mass is 9.89. The Morgan fingerprint density at radius 1 is 0.439 bits per heavy atom. The summed E-state index contributed by atoms with van der Waals surface area (Å²) in [4.78, 5) is 13.0. The zero-order valence-electron chi connectivity index (χ0n) is 37.3. The fourth-order valence-electron chi connectivity index (χ4n) is 8.25. The van der Waals surface area contributed by atoms with Gasteiger partial charge in [-0.1, -0.05) is 230 Å². The molecule has 3 aromatic rings. The zero-order valence-corrected chi connectivity index (χ0v) is 37.3. The van der Waals surface area contributed by atoms with Crippen molar-refractivity contribution in [1.29, 1.82) is 0 Å². The van der Waals surface area contributed by atoms with Crippen molar-refractivity contribution in [2.24, 2.45) is 0 Å². The Morgan fingerprint density at radius 2 is 0.842 bits per heavy atom. The van der Waals surface area contributed by atoms with Gasteiger partial charge in [0.2, 0.25) is 0 Å². The van der Waals surface area contributed by atoms with Crippen molar-refractivity contribution in [3.05, 3.63) is 89.5 Å². The molecule has 0 radical (unpaired) electrons. The number of benzene rings is 3. The van der Waals surface area contributed by atoms with E-state index in [-0.39, 0.29) is 12.1 Å². The van der Waals surface area contributed by atoms with Crippen LogP contribution in [0.3, 0.4) is 0 Å². The van der Waals surface area contributed by atoms with Crippen molar-refractivity contribution in [1.82, 2.24) is 0 Å². The van der Waals surface area contributed by atoms with Gasteiger partial charge in [-0.3, -0.25) is 0 Å². The van der Waals surface area contributed by atoms with Crippen molar-refractivity contribution < 1.29 is 14.3 Å². The third-order valence-electron chi connectivity index (χ3n) is 12.1. The summed E-state index contributed by atoms with van der Waals surface area (Å²) in [5, 5.41) is 0. The van der Waals surface area contributed by atoms with Gasteiger partial charge >= 0.3 is 5.97 Å². The van der Waals surface area contributed by atoms with Gasteiger partial charge in [-0.25, -0.2) is 4.79 Å². The van der Waals surface area contributed by atoms with Gasteiger partial charge in [0, 0.05) is 6.61 Å². The van der Waals surface area contributed by atoms with Crippen LogP contribution in [0.4, 0.5) is 0 Å². The molecule has 0 aliphatic heterocycles. The third kappa shape index (κ3) is 21.6. The molecule has 2 atom stereocenters. The van der Waals surface area contributed by atoms with Crippen LogP contribution < -0.4 is 4.74 Å². The fourth-order valence-corrected chi connectivity index (χ4v) is 8.25. The Balaban J connectivity index is 1.28. The monoisotopic (exact) mass is 781 g/mol. The summed E-state index contributed by atoms with van der Waals surface area (Å²) in [6.45, 7) is 9.82. The van der Waals surface area contributed by atoms with Crippen LogP contribution in [0.25, 0.3) is 11.1 Å². The topological polar surface area (TPSA) is 35.5 Å². The molecule has 3 rings (SSSR count). The molecule has 0 fully saturated rings. The lowest BCUT2D eigenvalue weighted by Crippen LogP contribution is -2.08. The predicted octanol–water partition coefficient (Wildman–Crippen LogP) is 17.7. The minimum absolute atomic E-state index is 0.0823. The SMILES string of the molecule is CCCCCCCCCCCCCCCCCCOC(C)c1ccc(-c2ccc(C(=O)Oc3ccc(C(CCC)CCCCCCCCCCC)cc3)cc2)cc1. The molecule has 0 aliphatic rings. The first kappa shape index (κ1) is 48.5. The number of hydrogen-bond donors (Lipinski definition) is 0. The normalized spacial score (nSPS) is 12.5. The molecule has 3 nitrogen and oxygen atoms in total. The molecule has 318 valence electrons. The molecule has 57 heavy (non-hydrogen) atoms. The highest BCUT2D eigenvalue weighted by Crippen LogP contribution is 2.30. The summed E-state index contributed by atoms with van der Waals surface area (Å²) >= 11 is 0. The molecular weight excluding hydrogens is 697 g/mol. The lowest BCUT2D eigenvalue weighted by molar-refractivity contribution is 0.0627. The van der Waals surface area contributed by atoms with Gasteiger partial charge in [-0.2, -0.15) is 0 Å². The van der Waals surface area contributed by atoms with Crippen LogP contribution in [0.2, 0.25) is 0 Å². The van der Waals surface area contributed by atoms with E-state index in [4.69, 9.17) is 9.47 Å². The van der Waals surface area contributed by atoms with E-state index in [2.05, 4.69) is 64.1 Å². The van der Waals surface area contributed by atoms with Crippen LogP contribution in [-0.4, -0.2) is 12.6 Å². The number of carbonyl (C=O) groups is 1. The quantitative estimate of drug-likeness (QED) is 0.0339. The number of rotatable bonds is 35. The van der Waals surface area contributed by atoms with Crippen molar-refractivity contribution >= 4 is 5.97 Å². The summed E-state index contributed by atoms with van der Waals surface area (Å²) < 4.78 is 12.0. The van der Waals surface area contributed by atoms with Crippen molar-refractivity contribution in [3.63, 3.8) is 0 Å². The van der Waals surface area contributed by atoms with Crippen LogP contribution in [0, 0.1) is 0 Å². The highest BCUT2D eigenvalue weighted by molar-refractivity contribution is 5.91. The standard InChI is InChI=1S/C54H84O3/c1-5-8-10-12-14-16-17-18-19-20-21-22-24-26-28-30-45-56-46(4)47-33-35-49(36-34-47)50-37-39-52(40-38-50)54(55)57-53-43-41-51(42-44-53)48(31-7-3)32-29-27-25-23-15-13-11-9-6-2/h33-44,46,48H,5-32,45H2,1-4H3. The molecular formula is C54H84O3. The molecule has 3 heteroatoms. The van der Waals surface area contributed by atoms with Crippen molar-refractivity contribution in [3.8, 4) is 16.9 Å². The molecule has 0 bridgehead atoms. The van der Waals surface area contributed by atoms with E-state index in [1.165, 1.54) is 184 Å². The second-order valence-electron chi connectivity index (χ2n) is 17.1. The summed E-state index contributed by atoms with van der Waals surface area (Å²) in [5.74, 6) is 0.864. The molecule has 0 aliphatic carbocycles. The molecule has 3 aromatic carbocycles. The Morgan fingerprint density at radius 3 is 1.30 bits per heavy atom. The van der Waals surface area contributed by atoms with Gasteiger partial charge < -0.3 is 9.47 Å². The number of unbranched alkanes of at least 4 members (excludes halogenated alkanes) is 23. The van der Waals surface area contributed by atoms with Gasteiger partial charge in [0.05, 0.1) is 11.7 Å². The molecule has 0 N–H and O–H groups in total. The molecule has 0 aromatic heterocycles. The van der Waals surface area contributed by atoms with E-state index >= 15 is 0 Å². The molecule has 0 amide bonds. The third-order valence-corrected chi connectivity index (χ3v) is 12.1. The van der Waals surface area contributed by atoms with Gasteiger partial charge in [-0.15, -0.1) is 0 Å². The molecule has 2 unspecified atom stereocenters. The van der Waals surface area contributed by atoms with Gasteiger partial charge in [0.15, 0.2) is 0 Å². The number of esters is 1.